The van der Waals surface area contributed by atoms with Crippen molar-refractivity contribution in [3.63, 3.8) is 0 Å². The topological polar surface area (TPSA) is 67.9 Å². The highest BCUT2D eigenvalue weighted by molar-refractivity contribution is 5.72. The van der Waals surface area contributed by atoms with Gasteiger partial charge in [0.05, 0.1) is 6.54 Å². The van der Waals surface area contributed by atoms with Gasteiger partial charge in [-0.15, -0.1) is 0 Å². The third kappa shape index (κ3) is 7.44. The second-order valence-corrected chi connectivity index (χ2v) is 7.69. The molecule has 1 N–H and O–H groups in total. The molecule has 2 rings (SSSR count). The molecule has 1 amide bonds. The smallest absolute Gasteiger partial charge is 0.410 e. The van der Waals surface area contributed by atoms with Gasteiger partial charge in [-0.05, 0) is 51.6 Å². The summed E-state index contributed by atoms with van der Waals surface area (Å²) >= 11 is 0. The maximum absolute atomic E-state index is 12.1. The Kier molecular flexibility index (Phi) is 7.45. The number of carbonyl (C=O) groups excluding carboxylic acids is 2. The Hall–Kier alpha value is -2.08. The van der Waals surface area contributed by atoms with Crippen molar-refractivity contribution in [3.05, 3.63) is 35.9 Å². The Balaban J connectivity index is 1.61. The molecule has 1 aromatic rings. The van der Waals surface area contributed by atoms with E-state index in [-0.39, 0.29) is 18.6 Å². The fourth-order valence-electron chi connectivity index (χ4n) is 2.89. The molecule has 26 heavy (non-hydrogen) atoms. The highest BCUT2D eigenvalue weighted by Gasteiger charge is 2.24. The van der Waals surface area contributed by atoms with Crippen molar-refractivity contribution in [3.8, 4) is 0 Å². The van der Waals surface area contributed by atoms with Crippen LogP contribution in [-0.2, 0) is 20.9 Å². The largest absolute Gasteiger partial charge is 0.459 e. The summed E-state index contributed by atoms with van der Waals surface area (Å²) in [5, 5.41) is 3.16. The quantitative estimate of drug-likeness (QED) is 0.788. The van der Waals surface area contributed by atoms with Crippen LogP contribution in [0.4, 0.5) is 4.79 Å². The Morgan fingerprint density at radius 1 is 1.15 bits per heavy atom. The van der Waals surface area contributed by atoms with Gasteiger partial charge in [0.25, 0.3) is 0 Å². The van der Waals surface area contributed by atoms with Gasteiger partial charge in [-0.25, -0.2) is 4.79 Å². The number of hydrogen-bond acceptors (Lipinski definition) is 5. The van der Waals surface area contributed by atoms with Crippen LogP contribution in [-0.4, -0.2) is 48.7 Å². The minimum Gasteiger partial charge on any atom is -0.459 e. The van der Waals surface area contributed by atoms with Crippen molar-refractivity contribution < 1.29 is 19.1 Å². The summed E-state index contributed by atoms with van der Waals surface area (Å²) in [7, 11) is 0. The Bertz CT molecular complexity index is 575. The number of amides is 1. The van der Waals surface area contributed by atoms with E-state index in [1.165, 1.54) is 0 Å². The van der Waals surface area contributed by atoms with Crippen molar-refractivity contribution in [2.75, 3.05) is 26.2 Å². The van der Waals surface area contributed by atoms with Crippen LogP contribution in [0.1, 0.15) is 39.2 Å². The number of hydrogen-bond donors (Lipinski definition) is 1. The number of benzene rings is 1. The third-order valence-corrected chi connectivity index (χ3v) is 4.20. The molecule has 1 saturated heterocycles. The van der Waals surface area contributed by atoms with Crippen molar-refractivity contribution in [1.82, 2.24) is 10.2 Å². The van der Waals surface area contributed by atoms with E-state index in [0.29, 0.717) is 25.6 Å². The second-order valence-electron chi connectivity index (χ2n) is 7.69. The normalized spacial score (nSPS) is 15.6. The lowest BCUT2D eigenvalue weighted by molar-refractivity contribution is -0.153. The van der Waals surface area contributed by atoms with Gasteiger partial charge in [0.15, 0.2) is 0 Å². The van der Waals surface area contributed by atoms with E-state index < -0.39 is 5.60 Å². The first kappa shape index (κ1) is 20.2. The molecule has 1 fully saturated rings. The predicted octanol–water partition coefficient (Wildman–Crippen LogP) is 2.97. The van der Waals surface area contributed by atoms with E-state index in [0.717, 1.165) is 24.9 Å². The SMILES string of the molecule is CC(C)(C)OC(=O)CNCC1CCN(C(=O)OCc2ccccc2)CC1. The maximum atomic E-state index is 12.1. The predicted molar refractivity (Wildman–Crippen MR) is 99.6 cm³/mol. The van der Waals surface area contributed by atoms with Gasteiger partial charge in [-0.2, -0.15) is 0 Å². The second kappa shape index (κ2) is 9.57. The zero-order chi connectivity index (χ0) is 19.0. The van der Waals surface area contributed by atoms with Gasteiger partial charge in [0, 0.05) is 13.1 Å². The van der Waals surface area contributed by atoms with Crippen LogP contribution in [0.3, 0.4) is 0 Å². The molecule has 0 aromatic heterocycles. The van der Waals surface area contributed by atoms with Gasteiger partial charge in [-0.3, -0.25) is 4.79 Å². The molecule has 1 aromatic carbocycles. The van der Waals surface area contributed by atoms with Crippen molar-refractivity contribution in [1.29, 1.82) is 0 Å². The number of nitrogens with one attached hydrogen (secondary N) is 1. The molecule has 0 radical (unpaired) electrons. The number of likely N-dealkylation sites (tertiary alicyclic amines) is 1. The summed E-state index contributed by atoms with van der Waals surface area (Å²) < 4.78 is 10.6. The van der Waals surface area contributed by atoms with Gasteiger partial charge in [-0.1, -0.05) is 30.3 Å². The monoisotopic (exact) mass is 362 g/mol. The van der Waals surface area contributed by atoms with E-state index in [2.05, 4.69) is 5.32 Å². The number of esters is 1. The Morgan fingerprint density at radius 2 is 1.81 bits per heavy atom. The number of ether oxygens (including phenoxy) is 2. The van der Waals surface area contributed by atoms with Crippen LogP contribution >= 0.6 is 0 Å². The van der Waals surface area contributed by atoms with E-state index in [4.69, 9.17) is 9.47 Å². The van der Waals surface area contributed by atoms with Crippen LogP contribution in [0, 0.1) is 5.92 Å². The lowest BCUT2D eigenvalue weighted by Crippen LogP contribution is -2.42. The first-order valence-electron chi connectivity index (χ1n) is 9.22. The minimum absolute atomic E-state index is 0.219. The maximum Gasteiger partial charge on any atom is 0.410 e. The molecular weight excluding hydrogens is 332 g/mol. The fraction of sp³-hybridized carbons (Fsp3) is 0.600. The van der Waals surface area contributed by atoms with Crippen molar-refractivity contribution in [2.45, 2.75) is 45.8 Å². The number of carbonyl (C=O) groups is 2. The van der Waals surface area contributed by atoms with Crippen LogP contribution < -0.4 is 5.32 Å². The Morgan fingerprint density at radius 3 is 2.42 bits per heavy atom. The molecule has 0 bridgehead atoms. The van der Waals surface area contributed by atoms with Crippen LogP contribution in [0.2, 0.25) is 0 Å². The molecule has 0 aliphatic carbocycles. The third-order valence-electron chi connectivity index (χ3n) is 4.20. The van der Waals surface area contributed by atoms with Crippen molar-refractivity contribution in [2.24, 2.45) is 5.92 Å². The highest BCUT2D eigenvalue weighted by Crippen LogP contribution is 2.17. The molecular formula is C20H30N2O4. The van der Waals surface area contributed by atoms with Gasteiger partial charge >= 0.3 is 12.1 Å². The average Bonchev–Trinajstić information content (AvgIpc) is 2.59. The zero-order valence-electron chi connectivity index (χ0n) is 16.0. The van der Waals surface area contributed by atoms with Crippen molar-refractivity contribution >= 4 is 12.1 Å². The molecule has 1 heterocycles. The van der Waals surface area contributed by atoms with E-state index in [1.807, 2.05) is 51.1 Å². The number of rotatable bonds is 6. The summed E-state index contributed by atoms with van der Waals surface area (Å²) in [6.45, 7) is 8.23. The van der Waals surface area contributed by atoms with E-state index in [1.54, 1.807) is 4.90 Å². The van der Waals surface area contributed by atoms with Crippen LogP contribution in [0.5, 0.6) is 0 Å². The fourth-order valence-corrected chi connectivity index (χ4v) is 2.89. The first-order valence-corrected chi connectivity index (χ1v) is 9.22. The average molecular weight is 362 g/mol. The van der Waals surface area contributed by atoms with Crippen LogP contribution in [0.15, 0.2) is 30.3 Å². The van der Waals surface area contributed by atoms with E-state index in [9.17, 15) is 9.59 Å². The summed E-state index contributed by atoms with van der Waals surface area (Å²) in [6.07, 6.45) is 1.55. The highest BCUT2D eigenvalue weighted by atomic mass is 16.6. The van der Waals surface area contributed by atoms with Gasteiger partial charge < -0.3 is 19.7 Å². The summed E-state index contributed by atoms with van der Waals surface area (Å²) in [6, 6.07) is 9.68. The molecule has 0 saturated carbocycles. The standard InChI is InChI=1S/C20H30N2O4/c1-20(2,3)26-18(23)14-21-13-16-9-11-22(12-10-16)19(24)25-15-17-7-5-4-6-8-17/h4-8,16,21H,9-15H2,1-3H3. The van der Waals surface area contributed by atoms with Gasteiger partial charge in [0.2, 0.25) is 0 Å². The lowest BCUT2D eigenvalue weighted by Gasteiger charge is -2.31. The molecule has 1 aliphatic rings. The molecule has 6 nitrogen and oxygen atoms in total. The zero-order valence-corrected chi connectivity index (χ0v) is 16.0. The molecule has 0 atom stereocenters. The number of nitrogens with zero attached hydrogens (tertiary/aromatic N) is 1. The minimum atomic E-state index is -0.454. The number of piperidine rings is 1. The summed E-state index contributed by atoms with van der Waals surface area (Å²) in [5.74, 6) is 0.218. The molecule has 1 aliphatic heterocycles. The summed E-state index contributed by atoms with van der Waals surface area (Å²) in [4.78, 5) is 25.6. The summed E-state index contributed by atoms with van der Waals surface area (Å²) in [5.41, 5.74) is 0.534. The molecule has 0 unspecified atom stereocenters. The molecule has 6 heteroatoms. The van der Waals surface area contributed by atoms with Crippen LogP contribution in [0.25, 0.3) is 0 Å². The first-order chi connectivity index (χ1) is 12.3. The molecule has 0 spiro atoms. The molecule has 144 valence electrons. The van der Waals surface area contributed by atoms with Gasteiger partial charge in [0.1, 0.15) is 12.2 Å². The Labute approximate surface area is 155 Å². The lowest BCUT2D eigenvalue weighted by atomic mass is 9.97. The van der Waals surface area contributed by atoms with E-state index >= 15 is 0 Å².